The molecule has 0 aromatic rings. The Morgan fingerprint density at radius 2 is 1.76 bits per heavy atom. The maximum atomic E-state index is 11.9. The molecule has 1 aliphatic carbocycles. The normalized spacial score (nSPS) is 17.7. The van der Waals surface area contributed by atoms with E-state index in [1.807, 2.05) is 20.8 Å². The Morgan fingerprint density at radius 1 is 1.14 bits per heavy atom. The van der Waals surface area contributed by atoms with Crippen molar-refractivity contribution >= 4 is 12.2 Å². The highest BCUT2D eigenvalue weighted by atomic mass is 16.6. The van der Waals surface area contributed by atoms with E-state index in [1.165, 1.54) is 13.5 Å². The van der Waals surface area contributed by atoms with Gasteiger partial charge in [-0.3, -0.25) is 0 Å². The van der Waals surface area contributed by atoms with Gasteiger partial charge in [-0.05, 0) is 39.5 Å². The third-order valence-electron chi connectivity index (χ3n) is 3.57. The number of carbonyl (C=O) groups excluding carboxylic acids is 2. The number of nitrogens with one attached hydrogen (secondary N) is 2. The van der Waals surface area contributed by atoms with Crippen LogP contribution in [-0.2, 0) is 9.47 Å². The number of methoxy groups -OCH3 is 1. The van der Waals surface area contributed by atoms with Gasteiger partial charge in [-0.2, -0.15) is 0 Å². The molecule has 0 aliphatic heterocycles. The fourth-order valence-electron chi connectivity index (χ4n) is 2.60. The van der Waals surface area contributed by atoms with Crippen LogP contribution < -0.4 is 10.6 Å². The molecule has 6 heteroatoms. The fourth-order valence-corrected chi connectivity index (χ4v) is 2.60. The van der Waals surface area contributed by atoms with Gasteiger partial charge in [0.05, 0.1) is 13.2 Å². The maximum Gasteiger partial charge on any atom is 0.407 e. The molecule has 122 valence electrons. The molecule has 0 saturated heterocycles. The molecule has 2 N–H and O–H groups in total. The van der Waals surface area contributed by atoms with Gasteiger partial charge in [0, 0.05) is 6.54 Å². The fraction of sp³-hybridized carbons (Fsp3) is 0.867. The van der Waals surface area contributed by atoms with Gasteiger partial charge < -0.3 is 20.1 Å². The van der Waals surface area contributed by atoms with Crippen LogP contribution in [0, 0.1) is 5.92 Å². The van der Waals surface area contributed by atoms with Crippen molar-refractivity contribution in [3.63, 3.8) is 0 Å². The highest BCUT2D eigenvalue weighted by Crippen LogP contribution is 2.26. The SMILES string of the molecule is COC(=O)NCC(NC(=O)OC(C)(C)C)C1CCCCC1. The van der Waals surface area contributed by atoms with E-state index >= 15 is 0 Å². The third kappa shape index (κ3) is 7.20. The minimum absolute atomic E-state index is 0.126. The second-order valence-electron chi connectivity index (χ2n) is 6.52. The monoisotopic (exact) mass is 300 g/mol. The van der Waals surface area contributed by atoms with Crippen LogP contribution in [0.4, 0.5) is 9.59 Å². The summed E-state index contributed by atoms with van der Waals surface area (Å²) in [5.41, 5.74) is -0.531. The first-order valence-corrected chi connectivity index (χ1v) is 7.63. The molecular formula is C15H28N2O4. The lowest BCUT2D eigenvalue weighted by Crippen LogP contribution is -2.49. The maximum absolute atomic E-state index is 11.9. The highest BCUT2D eigenvalue weighted by Gasteiger charge is 2.27. The number of hydrogen-bond donors (Lipinski definition) is 2. The third-order valence-corrected chi connectivity index (χ3v) is 3.57. The summed E-state index contributed by atoms with van der Waals surface area (Å²) >= 11 is 0. The van der Waals surface area contributed by atoms with E-state index in [1.54, 1.807) is 0 Å². The zero-order chi connectivity index (χ0) is 15.9. The first kappa shape index (κ1) is 17.6. The molecular weight excluding hydrogens is 272 g/mol. The summed E-state index contributed by atoms with van der Waals surface area (Å²) in [6.45, 7) is 5.84. The summed E-state index contributed by atoms with van der Waals surface area (Å²) < 4.78 is 9.88. The summed E-state index contributed by atoms with van der Waals surface area (Å²) in [4.78, 5) is 23.2. The predicted octanol–water partition coefficient (Wildman–Crippen LogP) is 2.82. The second kappa shape index (κ2) is 8.10. The number of carbonyl (C=O) groups is 2. The number of rotatable bonds is 4. The molecule has 1 unspecified atom stereocenters. The molecule has 0 spiro atoms. The van der Waals surface area contributed by atoms with Crippen LogP contribution in [0.1, 0.15) is 52.9 Å². The Morgan fingerprint density at radius 3 is 2.29 bits per heavy atom. The smallest absolute Gasteiger partial charge is 0.407 e. The molecule has 0 aromatic heterocycles. The van der Waals surface area contributed by atoms with E-state index in [9.17, 15) is 9.59 Å². The Kier molecular flexibility index (Phi) is 6.78. The molecule has 21 heavy (non-hydrogen) atoms. The van der Waals surface area contributed by atoms with Gasteiger partial charge >= 0.3 is 12.2 Å². The van der Waals surface area contributed by atoms with E-state index in [-0.39, 0.29) is 6.04 Å². The number of alkyl carbamates (subject to hydrolysis) is 2. The van der Waals surface area contributed by atoms with Crippen molar-refractivity contribution in [3.05, 3.63) is 0 Å². The van der Waals surface area contributed by atoms with Gasteiger partial charge in [0.25, 0.3) is 0 Å². The predicted molar refractivity (Wildman–Crippen MR) is 80.1 cm³/mol. The minimum Gasteiger partial charge on any atom is -0.453 e. The topological polar surface area (TPSA) is 76.7 Å². The van der Waals surface area contributed by atoms with Gasteiger partial charge in [-0.25, -0.2) is 9.59 Å². The second-order valence-corrected chi connectivity index (χ2v) is 6.52. The van der Waals surface area contributed by atoms with Crippen molar-refractivity contribution in [3.8, 4) is 0 Å². The zero-order valence-electron chi connectivity index (χ0n) is 13.5. The molecule has 1 fully saturated rings. The van der Waals surface area contributed by atoms with Crippen LogP contribution in [-0.4, -0.2) is 37.5 Å². The Balaban J connectivity index is 2.57. The summed E-state index contributed by atoms with van der Waals surface area (Å²) in [5, 5.41) is 5.56. The first-order chi connectivity index (χ1) is 9.81. The van der Waals surface area contributed by atoms with Crippen molar-refractivity contribution in [1.82, 2.24) is 10.6 Å². The number of ether oxygens (including phenoxy) is 2. The number of amides is 2. The molecule has 0 aromatic carbocycles. The molecule has 6 nitrogen and oxygen atoms in total. The Labute approximate surface area is 126 Å². The van der Waals surface area contributed by atoms with Crippen LogP contribution in [0.15, 0.2) is 0 Å². The molecule has 1 rings (SSSR count). The van der Waals surface area contributed by atoms with Crippen LogP contribution in [0.5, 0.6) is 0 Å². The lowest BCUT2D eigenvalue weighted by atomic mass is 9.84. The molecule has 1 atom stereocenters. The average Bonchev–Trinajstić information content (AvgIpc) is 2.42. The molecule has 0 radical (unpaired) electrons. The Bertz CT molecular complexity index is 346. The van der Waals surface area contributed by atoms with Crippen molar-refractivity contribution < 1.29 is 19.1 Å². The van der Waals surface area contributed by atoms with E-state index in [0.29, 0.717) is 12.5 Å². The van der Waals surface area contributed by atoms with Crippen molar-refractivity contribution in [1.29, 1.82) is 0 Å². The lowest BCUT2D eigenvalue weighted by Gasteiger charge is -2.31. The summed E-state index contributed by atoms with van der Waals surface area (Å²) in [7, 11) is 1.33. The van der Waals surface area contributed by atoms with Gasteiger partial charge in [0.15, 0.2) is 0 Å². The summed E-state index contributed by atoms with van der Waals surface area (Å²) in [5.74, 6) is 0.364. The van der Waals surface area contributed by atoms with Crippen molar-refractivity contribution in [2.45, 2.75) is 64.5 Å². The number of hydrogen-bond acceptors (Lipinski definition) is 4. The van der Waals surface area contributed by atoms with E-state index < -0.39 is 17.8 Å². The van der Waals surface area contributed by atoms with Crippen LogP contribution in [0.2, 0.25) is 0 Å². The molecule has 1 saturated carbocycles. The van der Waals surface area contributed by atoms with Gasteiger partial charge in [-0.15, -0.1) is 0 Å². The minimum atomic E-state index is -0.531. The van der Waals surface area contributed by atoms with E-state index in [0.717, 1.165) is 25.7 Å². The van der Waals surface area contributed by atoms with E-state index in [2.05, 4.69) is 15.4 Å². The van der Waals surface area contributed by atoms with Crippen LogP contribution in [0.3, 0.4) is 0 Å². The van der Waals surface area contributed by atoms with Gasteiger partial charge in [0.1, 0.15) is 5.60 Å². The van der Waals surface area contributed by atoms with E-state index in [4.69, 9.17) is 4.74 Å². The zero-order valence-corrected chi connectivity index (χ0v) is 13.5. The lowest BCUT2D eigenvalue weighted by molar-refractivity contribution is 0.0475. The largest absolute Gasteiger partial charge is 0.453 e. The van der Waals surface area contributed by atoms with Crippen molar-refractivity contribution in [2.24, 2.45) is 5.92 Å². The van der Waals surface area contributed by atoms with Crippen LogP contribution >= 0.6 is 0 Å². The highest BCUT2D eigenvalue weighted by molar-refractivity contribution is 5.69. The Hall–Kier alpha value is -1.46. The van der Waals surface area contributed by atoms with Gasteiger partial charge in [-0.1, -0.05) is 19.3 Å². The molecule has 2 amide bonds. The molecule has 0 bridgehead atoms. The van der Waals surface area contributed by atoms with Gasteiger partial charge in [0.2, 0.25) is 0 Å². The summed E-state index contributed by atoms with van der Waals surface area (Å²) in [6.07, 6.45) is 4.75. The standard InChI is InChI=1S/C15H28N2O4/c1-15(2,3)21-14(19)17-12(10-16-13(18)20-4)11-8-6-5-7-9-11/h11-12H,5-10H2,1-4H3,(H,16,18)(H,17,19). The quantitative estimate of drug-likeness (QED) is 0.837. The molecule has 0 heterocycles. The average molecular weight is 300 g/mol. The summed E-state index contributed by atoms with van der Waals surface area (Å²) in [6, 6.07) is -0.126. The molecule has 1 aliphatic rings. The van der Waals surface area contributed by atoms with Crippen LogP contribution in [0.25, 0.3) is 0 Å². The van der Waals surface area contributed by atoms with Crippen molar-refractivity contribution in [2.75, 3.05) is 13.7 Å². The first-order valence-electron chi connectivity index (χ1n) is 7.63.